The summed E-state index contributed by atoms with van der Waals surface area (Å²) in [4.78, 5) is 4.14. The molecule has 0 aliphatic heterocycles. The van der Waals surface area contributed by atoms with Gasteiger partial charge < -0.3 is 0 Å². The maximum absolute atomic E-state index is 5.65. The summed E-state index contributed by atoms with van der Waals surface area (Å²) < 4.78 is 0. The number of halogens is 1. The van der Waals surface area contributed by atoms with Gasteiger partial charge in [-0.15, -0.1) is 0 Å². The summed E-state index contributed by atoms with van der Waals surface area (Å²) in [6.07, 6.45) is 3.86. The number of nitrogens with zero attached hydrogens (tertiary/aromatic N) is 1. The molecule has 0 bridgehead atoms. The highest BCUT2D eigenvalue weighted by Gasteiger charge is 1.90. The normalized spacial score (nSPS) is 9.80. The third kappa shape index (κ3) is 1.99. The molecule has 1 heterocycles. The average molecular weight is 156 g/mol. The second-order valence-electron chi connectivity index (χ2n) is 2.22. The fourth-order valence-electron chi connectivity index (χ4n) is 0.810. The second kappa shape index (κ2) is 3.57. The lowest BCUT2D eigenvalue weighted by molar-refractivity contribution is 0.883. The maximum atomic E-state index is 5.65. The Hall–Kier alpha value is -0.560. The Labute approximate surface area is 66.0 Å². The monoisotopic (exact) mass is 155 g/mol. The minimum absolute atomic E-state index is 0.708. The molecule has 1 nitrogen and oxygen atoms in total. The second-order valence-corrected chi connectivity index (χ2v) is 2.65. The first kappa shape index (κ1) is 7.55. The van der Waals surface area contributed by atoms with Crippen LogP contribution in [0.4, 0.5) is 0 Å². The van der Waals surface area contributed by atoms with Gasteiger partial charge >= 0.3 is 0 Å². The molecule has 0 N–H and O–H groups in total. The molecule has 0 saturated carbocycles. The van der Waals surface area contributed by atoms with E-state index < -0.39 is 0 Å². The van der Waals surface area contributed by atoms with E-state index in [1.54, 1.807) is 6.20 Å². The predicted molar refractivity (Wildman–Crippen MR) is 43.2 cm³/mol. The zero-order valence-electron chi connectivity index (χ0n) is 5.97. The zero-order chi connectivity index (χ0) is 7.40. The predicted octanol–water partition coefficient (Wildman–Crippen LogP) is 2.69. The smallest absolute Gasteiger partial charge is 0.0589 e. The molecule has 10 heavy (non-hydrogen) atoms. The molecule has 0 aliphatic rings. The number of hydrogen-bond acceptors (Lipinski definition) is 1. The summed E-state index contributed by atoms with van der Waals surface area (Å²) in [7, 11) is 0. The Balaban J connectivity index is 2.69. The highest BCUT2D eigenvalue weighted by Crippen LogP contribution is 2.06. The van der Waals surface area contributed by atoms with Crippen molar-refractivity contribution in [1.82, 2.24) is 4.98 Å². The van der Waals surface area contributed by atoms with Crippen LogP contribution in [0.25, 0.3) is 0 Å². The van der Waals surface area contributed by atoms with Crippen molar-refractivity contribution >= 4 is 11.6 Å². The third-order valence-corrected chi connectivity index (χ3v) is 1.52. The van der Waals surface area contributed by atoms with Gasteiger partial charge in [0.1, 0.15) is 0 Å². The fourth-order valence-corrected chi connectivity index (χ4v) is 0.922. The van der Waals surface area contributed by atoms with Gasteiger partial charge in [0.2, 0.25) is 0 Å². The Bertz CT molecular complexity index is 193. The SMILES string of the molecule is CCCc1ccc(Cl)cn1. The minimum Gasteiger partial charge on any atom is -0.260 e. The Kier molecular flexibility index (Phi) is 2.69. The number of pyridine rings is 1. The van der Waals surface area contributed by atoms with Crippen molar-refractivity contribution in [2.75, 3.05) is 0 Å². The molecule has 1 rings (SSSR count). The summed E-state index contributed by atoms with van der Waals surface area (Å²) >= 11 is 5.65. The van der Waals surface area contributed by atoms with Crippen molar-refractivity contribution in [2.45, 2.75) is 19.8 Å². The van der Waals surface area contributed by atoms with Crippen LogP contribution in [0.3, 0.4) is 0 Å². The first-order valence-electron chi connectivity index (χ1n) is 3.43. The van der Waals surface area contributed by atoms with Crippen LogP contribution in [0, 0.1) is 0 Å². The van der Waals surface area contributed by atoms with E-state index in [0.29, 0.717) is 5.02 Å². The van der Waals surface area contributed by atoms with Gasteiger partial charge in [0.25, 0.3) is 0 Å². The highest BCUT2D eigenvalue weighted by molar-refractivity contribution is 6.30. The largest absolute Gasteiger partial charge is 0.260 e. The van der Waals surface area contributed by atoms with E-state index >= 15 is 0 Å². The van der Waals surface area contributed by atoms with Crippen molar-refractivity contribution < 1.29 is 0 Å². The van der Waals surface area contributed by atoms with Crippen LogP contribution in [0.5, 0.6) is 0 Å². The molecule has 2 heteroatoms. The first-order chi connectivity index (χ1) is 4.83. The Morgan fingerprint density at radius 1 is 1.50 bits per heavy atom. The molecule has 0 aromatic carbocycles. The van der Waals surface area contributed by atoms with E-state index in [1.165, 1.54) is 0 Å². The van der Waals surface area contributed by atoms with E-state index in [1.807, 2.05) is 12.1 Å². The van der Waals surface area contributed by atoms with Crippen molar-refractivity contribution in [2.24, 2.45) is 0 Å². The summed E-state index contributed by atoms with van der Waals surface area (Å²) in [5, 5.41) is 0.708. The van der Waals surface area contributed by atoms with Crippen molar-refractivity contribution in [3.63, 3.8) is 0 Å². The van der Waals surface area contributed by atoms with Crippen LogP contribution in [0.2, 0.25) is 5.02 Å². The van der Waals surface area contributed by atoms with E-state index in [9.17, 15) is 0 Å². The molecular weight excluding hydrogens is 146 g/mol. The molecule has 1 aromatic rings. The van der Waals surface area contributed by atoms with Gasteiger partial charge in [-0.25, -0.2) is 0 Å². The van der Waals surface area contributed by atoms with Crippen LogP contribution >= 0.6 is 11.6 Å². The van der Waals surface area contributed by atoms with Gasteiger partial charge in [-0.05, 0) is 18.6 Å². The van der Waals surface area contributed by atoms with Crippen molar-refractivity contribution in [3.05, 3.63) is 29.0 Å². The van der Waals surface area contributed by atoms with Crippen molar-refractivity contribution in [3.8, 4) is 0 Å². The number of hydrogen-bond donors (Lipinski definition) is 0. The van der Waals surface area contributed by atoms with Gasteiger partial charge in [-0.2, -0.15) is 0 Å². The van der Waals surface area contributed by atoms with Gasteiger partial charge in [-0.1, -0.05) is 24.9 Å². The molecule has 0 aliphatic carbocycles. The third-order valence-electron chi connectivity index (χ3n) is 1.29. The Morgan fingerprint density at radius 2 is 2.30 bits per heavy atom. The average Bonchev–Trinajstić information content (AvgIpc) is 1.95. The topological polar surface area (TPSA) is 12.9 Å². The molecular formula is C8H10ClN. The summed E-state index contributed by atoms with van der Waals surface area (Å²) in [5.41, 5.74) is 1.12. The van der Waals surface area contributed by atoms with Crippen LogP contribution in [0.1, 0.15) is 19.0 Å². The van der Waals surface area contributed by atoms with E-state index in [4.69, 9.17) is 11.6 Å². The lowest BCUT2D eigenvalue weighted by atomic mass is 10.2. The van der Waals surface area contributed by atoms with Gasteiger partial charge in [0, 0.05) is 11.9 Å². The van der Waals surface area contributed by atoms with E-state index in [0.717, 1.165) is 18.5 Å². The Morgan fingerprint density at radius 3 is 2.80 bits per heavy atom. The number of rotatable bonds is 2. The highest BCUT2D eigenvalue weighted by atomic mass is 35.5. The summed E-state index contributed by atoms with van der Waals surface area (Å²) in [6.45, 7) is 2.14. The van der Waals surface area contributed by atoms with Crippen LogP contribution < -0.4 is 0 Å². The van der Waals surface area contributed by atoms with Gasteiger partial charge in [0.05, 0.1) is 5.02 Å². The molecule has 0 saturated heterocycles. The zero-order valence-corrected chi connectivity index (χ0v) is 6.73. The van der Waals surface area contributed by atoms with E-state index in [2.05, 4.69) is 11.9 Å². The summed E-state index contributed by atoms with van der Waals surface area (Å²) in [6, 6.07) is 3.84. The maximum Gasteiger partial charge on any atom is 0.0589 e. The molecule has 0 unspecified atom stereocenters. The molecule has 1 aromatic heterocycles. The molecule has 0 fully saturated rings. The summed E-state index contributed by atoms with van der Waals surface area (Å²) in [5.74, 6) is 0. The molecule has 54 valence electrons. The standard InChI is InChI=1S/C8H10ClN/c1-2-3-8-5-4-7(9)6-10-8/h4-6H,2-3H2,1H3. The van der Waals surface area contributed by atoms with Crippen LogP contribution in [0.15, 0.2) is 18.3 Å². The molecule has 0 atom stereocenters. The van der Waals surface area contributed by atoms with Crippen molar-refractivity contribution in [1.29, 1.82) is 0 Å². The number of aromatic nitrogens is 1. The molecule has 0 amide bonds. The quantitative estimate of drug-likeness (QED) is 0.640. The number of aryl methyl sites for hydroxylation is 1. The van der Waals surface area contributed by atoms with Crippen LogP contribution in [-0.4, -0.2) is 4.98 Å². The van der Waals surface area contributed by atoms with Gasteiger partial charge in [0.15, 0.2) is 0 Å². The lowest BCUT2D eigenvalue weighted by Gasteiger charge is -1.95. The molecule has 0 spiro atoms. The molecule has 0 radical (unpaired) electrons. The fraction of sp³-hybridized carbons (Fsp3) is 0.375. The van der Waals surface area contributed by atoms with Gasteiger partial charge in [-0.3, -0.25) is 4.98 Å². The van der Waals surface area contributed by atoms with E-state index in [-0.39, 0.29) is 0 Å². The van der Waals surface area contributed by atoms with Crippen LogP contribution in [-0.2, 0) is 6.42 Å². The lowest BCUT2D eigenvalue weighted by Crippen LogP contribution is -1.86. The minimum atomic E-state index is 0.708. The first-order valence-corrected chi connectivity index (χ1v) is 3.81.